The predicted molar refractivity (Wildman–Crippen MR) is 100 cm³/mol. The van der Waals surface area contributed by atoms with Crippen LogP contribution in [0.2, 0.25) is 0 Å². The zero-order chi connectivity index (χ0) is 18.1. The minimum Gasteiger partial charge on any atom is -0.497 e. The van der Waals surface area contributed by atoms with Crippen LogP contribution in [0.4, 0.5) is 11.6 Å². The third kappa shape index (κ3) is 2.84. The number of nitrogens with one attached hydrogen (secondary N) is 2. The first-order chi connectivity index (χ1) is 12.7. The van der Waals surface area contributed by atoms with E-state index in [9.17, 15) is 4.79 Å². The normalized spacial score (nSPS) is 16.0. The second-order valence-electron chi connectivity index (χ2n) is 5.83. The quantitative estimate of drug-likeness (QED) is 0.740. The number of aromatic nitrogens is 3. The molecule has 1 aromatic carbocycles. The maximum atomic E-state index is 13.1. The molecule has 1 amide bonds. The van der Waals surface area contributed by atoms with Crippen molar-refractivity contribution in [2.75, 3.05) is 17.7 Å². The van der Waals surface area contributed by atoms with Crippen LogP contribution < -0.4 is 15.4 Å². The van der Waals surface area contributed by atoms with E-state index < -0.39 is 0 Å². The molecule has 0 unspecified atom stereocenters. The summed E-state index contributed by atoms with van der Waals surface area (Å²) >= 11 is 1.58. The summed E-state index contributed by atoms with van der Waals surface area (Å²) in [5.74, 6) is 1.18. The molecule has 0 spiro atoms. The van der Waals surface area contributed by atoms with Crippen molar-refractivity contribution in [1.29, 1.82) is 0 Å². The predicted octanol–water partition coefficient (Wildman–Crippen LogP) is 3.28. The fourth-order valence-electron chi connectivity index (χ4n) is 3.00. The molecule has 132 valence electrons. The number of anilines is 2. The lowest BCUT2D eigenvalue weighted by molar-refractivity contribution is -0.113. The summed E-state index contributed by atoms with van der Waals surface area (Å²) in [6.07, 6.45) is 1.49. The van der Waals surface area contributed by atoms with Crippen molar-refractivity contribution >= 4 is 28.9 Å². The van der Waals surface area contributed by atoms with Gasteiger partial charge in [-0.25, -0.2) is 4.68 Å². The first-order valence-corrected chi connectivity index (χ1v) is 8.96. The second kappa shape index (κ2) is 6.64. The van der Waals surface area contributed by atoms with Crippen molar-refractivity contribution in [3.05, 3.63) is 64.3 Å². The molecule has 8 heteroatoms. The number of amides is 1. The van der Waals surface area contributed by atoms with E-state index in [-0.39, 0.29) is 11.9 Å². The summed E-state index contributed by atoms with van der Waals surface area (Å²) in [7, 11) is 1.61. The Morgan fingerprint density at radius 2 is 2.12 bits per heavy atom. The van der Waals surface area contributed by atoms with E-state index in [1.165, 1.54) is 6.33 Å². The van der Waals surface area contributed by atoms with Gasteiger partial charge in [0.05, 0.1) is 12.7 Å². The van der Waals surface area contributed by atoms with Crippen LogP contribution >= 0.6 is 11.3 Å². The van der Waals surface area contributed by atoms with Crippen LogP contribution in [-0.4, -0.2) is 27.8 Å². The summed E-state index contributed by atoms with van der Waals surface area (Å²) in [6, 6.07) is 8.91. The summed E-state index contributed by atoms with van der Waals surface area (Å²) in [4.78, 5) is 17.3. The van der Waals surface area contributed by atoms with Crippen molar-refractivity contribution in [1.82, 2.24) is 14.8 Å². The fourth-order valence-corrected chi connectivity index (χ4v) is 3.68. The highest BCUT2D eigenvalue weighted by molar-refractivity contribution is 7.08. The molecular formula is C18H17N5O2S. The molecule has 0 aliphatic carbocycles. The number of allylic oxidation sites excluding steroid dienone is 1. The van der Waals surface area contributed by atoms with Crippen LogP contribution in [0.1, 0.15) is 18.5 Å². The molecule has 0 saturated heterocycles. The maximum absolute atomic E-state index is 13.1. The van der Waals surface area contributed by atoms with Crippen molar-refractivity contribution in [3.8, 4) is 5.75 Å². The number of hydrogen-bond acceptors (Lipinski definition) is 6. The molecule has 7 nitrogen and oxygen atoms in total. The van der Waals surface area contributed by atoms with E-state index >= 15 is 0 Å². The van der Waals surface area contributed by atoms with Gasteiger partial charge in [-0.1, -0.05) is 0 Å². The summed E-state index contributed by atoms with van der Waals surface area (Å²) < 4.78 is 6.89. The number of fused-ring (bicyclic) bond motifs is 1. The largest absolute Gasteiger partial charge is 0.497 e. The minimum atomic E-state index is -0.321. The molecule has 0 radical (unpaired) electrons. The van der Waals surface area contributed by atoms with Gasteiger partial charge in [-0.05, 0) is 53.6 Å². The van der Waals surface area contributed by atoms with Gasteiger partial charge in [0.25, 0.3) is 5.91 Å². The van der Waals surface area contributed by atoms with Crippen molar-refractivity contribution in [2.45, 2.75) is 13.0 Å². The van der Waals surface area contributed by atoms with Gasteiger partial charge >= 0.3 is 0 Å². The molecule has 2 N–H and O–H groups in total. The van der Waals surface area contributed by atoms with Crippen LogP contribution in [-0.2, 0) is 4.79 Å². The number of rotatable bonds is 4. The van der Waals surface area contributed by atoms with E-state index in [1.54, 1.807) is 23.1 Å². The number of benzene rings is 1. The molecule has 26 heavy (non-hydrogen) atoms. The number of ether oxygens (including phenoxy) is 1. The van der Waals surface area contributed by atoms with Crippen molar-refractivity contribution < 1.29 is 9.53 Å². The molecule has 2 aromatic heterocycles. The Morgan fingerprint density at radius 1 is 1.31 bits per heavy atom. The van der Waals surface area contributed by atoms with Crippen LogP contribution in [0.15, 0.2) is 58.7 Å². The van der Waals surface area contributed by atoms with E-state index in [1.807, 2.05) is 48.0 Å². The van der Waals surface area contributed by atoms with Gasteiger partial charge in [0, 0.05) is 11.4 Å². The van der Waals surface area contributed by atoms with E-state index in [4.69, 9.17) is 4.74 Å². The molecule has 4 rings (SSSR count). The average molecular weight is 367 g/mol. The number of carbonyl (C=O) groups is 1. The topological polar surface area (TPSA) is 81.1 Å². The molecule has 0 fully saturated rings. The van der Waals surface area contributed by atoms with E-state index in [2.05, 4.69) is 20.7 Å². The van der Waals surface area contributed by atoms with E-state index in [0.717, 1.165) is 17.0 Å². The SMILES string of the molecule is COc1ccc(NC(=O)C2=C(C)Nc3ncnn3[C@@H]2c2ccsc2)cc1. The zero-order valence-corrected chi connectivity index (χ0v) is 15.1. The first kappa shape index (κ1) is 16.3. The Kier molecular flexibility index (Phi) is 4.18. The molecule has 0 saturated carbocycles. The Morgan fingerprint density at radius 3 is 2.81 bits per heavy atom. The van der Waals surface area contributed by atoms with Gasteiger partial charge in [-0.2, -0.15) is 21.4 Å². The third-order valence-electron chi connectivity index (χ3n) is 4.25. The maximum Gasteiger partial charge on any atom is 0.255 e. The van der Waals surface area contributed by atoms with Crippen LogP contribution in [0.5, 0.6) is 5.75 Å². The molecule has 1 aliphatic heterocycles. The standard InChI is InChI=1S/C18H17N5O2S/c1-11-15(17(24)22-13-3-5-14(25-2)6-4-13)16(12-7-8-26-9-12)23-18(21-11)19-10-20-23/h3-10,16H,1-2H3,(H,22,24)(H,19,20,21)/t16-/m1/s1. The highest BCUT2D eigenvalue weighted by Gasteiger charge is 2.33. The molecule has 1 aliphatic rings. The molecular weight excluding hydrogens is 350 g/mol. The molecule has 3 aromatic rings. The lowest BCUT2D eigenvalue weighted by atomic mass is 9.97. The zero-order valence-electron chi connectivity index (χ0n) is 14.3. The van der Waals surface area contributed by atoms with Crippen LogP contribution in [0.3, 0.4) is 0 Å². The van der Waals surface area contributed by atoms with Gasteiger partial charge in [0.1, 0.15) is 18.1 Å². The Hall–Kier alpha value is -3.13. The number of thiophene rings is 1. The highest BCUT2D eigenvalue weighted by atomic mass is 32.1. The second-order valence-corrected chi connectivity index (χ2v) is 6.61. The number of nitrogens with zero attached hydrogens (tertiary/aromatic N) is 3. The minimum absolute atomic E-state index is 0.183. The van der Waals surface area contributed by atoms with Crippen molar-refractivity contribution in [3.63, 3.8) is 0 Å². The number of carbonyl (C=O) groups excluding carboxylic acids is 1. The Bertz CT molecular complexity index is 960. The van der Waals surface area contributed by atoms with Crippen LogP contribution in [0.25, 0.3) is 0 Å². The summed E-state index contributed by atoms with van der Waals surface area (Å²) in [5.41, 5.74) is 3.07. The highest BCUT2D eigenvalue weighted by Crippen LogP contribution is 2.36. The van der Waals surface area contributed by atoms with Crippen molar-refractivity contribution in [2.24, 2.45) is 0 Å². The summed E-state index contributed by atoms with van der Waals surface area (Å²) in [5, 5.41) is 14.4. The fraction of sp³-hybridized carbons (Fsp3) is 0.167. The van der Waals surface area contributed by atoms with Gasteiger partial charge < -0.3 is 15.4 Å². The van der Waals surface area contributed by atoms with Gasteiger partial charge in [0.2, 0.25) is 5.95 Å². The number of hydrogen-bond donors (Lipinski definition) is 2. The Balaban J connectivity index is 1.69. The molecule has 0 bridgehead atoms. The lowest BCUT2D eigenvalue weighted by Gasteiger charge is -2.28. The smallest absolute Gasteiger partial charge is 0.255 e. The van der Waals surface area contributed by atoms with Gasteiger partial charge in [0.15, 0.2) is 0 Å². The van der Waals surface area contributed by atoms with Gasteiger partial charge in [-0.15, -0.1) is 0 Å². The monoisotopic (exact) mass is 367 g/mol. The summed E-state index contributed by atoms with van der Waals surface area (Å²) in [6.45, 7) is 1.88. The number of methoxy groups -OCH3 is 1. The third-order valence-corrected chi connectivity index (χ3v) is 4.95. The van der Waals surface area contributed by atoms with Crippen LogP contribution in [0, 0.1) is 0 Å². The average Bonchev–Trinajstić information content (AvgIpc) is 3.32. The molecule has 1 atom stereocenters. The van der Waals surface area contributed by atoms with Gasteiger partial charge in [-0.3, -0.25) is 4.79 Å². The molecule has 3 heterocycles. The Labute approximate surface area is 154 Å². The first-order valence-electron chi connectivity index (χ1n) is 8.02. The van der Waals surface area contributed by atoms with E-state index in [0.29, 0.717) is 17.2 Å². The lowest BCUT2D eigenvalue weighted by Crippen LogP contribution is -2.31.